The van der Waals surface area contributed by atoms with E-state index in [0.717, 1.165) is 31.5 Å². The molecule has 1 unspecified atom stereocenters. The number of amides is 1. The average Bonchev–Trinajstić information content (AvgIpc) is 2.71. The monoisotopic (exact) mass is 335 g/mol. The lowest BCUT2D eigenvalue weighted by atomic mass is 10.1. The molecule has 4 N–H and O–H groups in total. The van der Waals surface area contributed by atoms with Gasteiger partial charge in [0.25, 0.3) is 0 Å². The first-order valence-electron chi connectivity index (χ1n) is 8.47. The fourth-order valence-corrected chi connectivity index (χ4v) is 2.89. The molecule has 0 aromatic carbocycles. The highest BCUT2D eigenvalue weighted by atomic mass is 16.6. The predicted octanol–water partition coefficient (Wildman–Crippen LogP) is 2.59. The summed E-state index contributed by atoms with van der Waals surface area (Å²) in [5.41, 5.74) is 7.32. The second-order valence-corrected chi connectivity index (χ2v) is 7.13. The number of hydrogen-bond donors (Lipinski definition) is 3. The van der Waals surface area contributed by atoms with Crippen molar-refractivity contribution in [3.63, 3.8) is 0 Å². The number of carbonyl (C=O) groups excluding carboxylic acids is 1. The molecule has 0 aliphatic carbocycles. The number of nitrogens with two attached hydrogens (primary N) is 1. The molecule has 2 heterocycles. The first-order chi connectivity index (χ1) is 11.3. The minimum absolute atomic E-state index is 0.0351. The van der Waals surface area contributed by atoms with Gasteiger partial charge in [-0.25, -0.2) is 9.78 Å². The number of carbonyl (C=O) groups is 1. The van der Waals surface area contributed by atoms with Crippen LogP contribution in [0.25, 0.3) is 0 Å². The molecule has 1 aliphatic rings. The Morgan fingerprint density at radius 1 is 1.42 bits per heavy atom. The summed E-state index contributed by atoms with van der Waals surface area (Å²) in [5.74, 6) is 0.674. The summed E-state index contributed by atoms with van der Waals surface area (Å²) in [5, 5.41) is 6.00. The van der Waals surface area contributed by atoms with Crippen LogP contribution in [0.3, 0.4) is 0 Å². The summed E-state index contributed by atoms with van der Waals surface area (Å²) in [7, 11) is 1.80. The molecule has 1 aliphatic heterocycles. The van der Waals surface area contributed by atoms with Crippen LogP contribution in [-0.4, -0.2) is 42.9 Å². The average molecular weight is 335 g/mol. The van der Waals surface area contributed by atoms with E-state index in [1.165, 1.54) is 0 Å². The lowest BCUT2D eigenvalue weighted by molar-refractivity contribution is 0.0504. The Hall–Kier alpha value is -2.18. The van der Waals surface area contributed by atoms with Crippen LogP contribution in [0.5, 0.6) is 0 Å². The Bertz CT molecular complexity index is 571. The van der Waals surface area contributed by atoms with Gasteiger partial charge in [0.1, 0.15) is 5.60 Å². The van der Waals surface area contributed by atoms with Crippen molar-refractivity contribution < 1.29 is 9.53 Å². The predicted molar refractivity (Wildman–Crippen MR) is 97.4 cm³/mol. The smallest absolute Gasteiger partial charge is 0.407 e. The minimum Gasteiger partial charge on any atom is -0.444 e. The summed E-state index contributed by atoms with van der Waals surface area (Å²) >= 11 is 0. The van der Waals surface area contributed by atoms with Crippen LogP contribution in [0.15, 0.2) is 12.3 Å². The Morgan fingerprint density at radius 2 is 2.17 bits per heavy atom. The molecule has 1 aromatic rings. The van der Waals surface area contributed by atoms with Crippen LogP contribution in [-0.2, 0) is 4.74 Å². The molecule has 1 fully saturated rings. The van der Waals surface area contributed by atoms with E-state index in [0.29, 0.717) is 18.1 Å². The SMILES string of the molecule is CNc1nccc(N2CCCCC(NC(=O)OC(C)(C)C)C2)c1N. The van der Waals surface area contributed by atoms with E-state index >= 15 is 0 Å². The molecule has 0 radical (unpaired) electrons. The van der Waals surface area contributed by atoms with E-state index in [2.05, 4.69) is 20.5 Å². The van der Waals surface area contributed by atoms with Crippen molar-refractivity contribution in [2.75, 3.05) is 36.1 Å². The lowest BCUT2D eigenvalue weighted by Gasteiger charge is -2.29. The Morgan fingerprint density at radius 3 is 2.83 bits per heavy atom. The van der Waals surface area contributed by atoms with Gasteiger partial charge in [0, 0.05) is 32.4 Å². The highest BCUT2D eigenvalue weighted by Gasteiger charge is 2.24. The maximum atomic E-state index is 12.1. The van der Waals surface area contributed by atoms with Crippen molar-refractivity contribution in [3.05, 3.63) is 12.3 Å². The number of nitrogens with zero attached hydrogens (tertiary/aromatic N) is 2. The first-order valence-corrected chi connectivity index (χ1v) is 8.47. The number of nitrogens with one attached hydrogen (secondary N) is 2. The molecule has 24 heavy (non-hydrogen) atoms. The van der Waals surface area contributed by atoms with E-state index in [1.54, 1.807) is 13.2 Å². The number of pyridine rings is 1. The van der Waals surface area contributed by atoms with Crippen LogP contribution in [0.4, 0.5) is 22.0 Å². The summed E-state index contributed by atoms with van der Waals surface area (Å²) < 4.78 is 5.37. The van der Waals surface area contributed by atoms with E-state index in [-0.39, 0.29) is 12.1 Å². The number of rotatable bonds is 3. The molecular weight excluding hydrogens is 306 g/mol. The molecule has 0 saturated carbocycles. The maximum Gasteiger partial charge on any atom is 0.407 e. The zero-order valence-electron chi connectivity index (χ0n) is 15.1. The molecule has 1 atom stereocenters. The molecule has 0 bridgehead atoms. The van der Waals surface area contributed by atoms with Gasteiger partial charge in [-0.05, 0) is 46.1 Å². The lowest BCUT2D eigenvalue weighted by Crippen LogP contribution is -2.44. The summed E-state index contributed by atoms with van der Waals surface area (Å²) in [4.78, 5) is 18.5. The third kappa shape index (κ3) is 4.91. The van der Waals surface area contributed by atoms with Crippen LogP contribution < -0.4 is 21.3 Å². The number of nitrogen functional groups attached to an aromatic ring is 1. The Kier molecular flexibility index (Phi) is 5.75. The number of ether oxygens (including phenoxy) is 1. The molecule has 2 rings (SSSR count). The van der Waals surface area contributed by atoms with E-state index < -0.39 is 5.60 Å². The van der Waals surface area contributed by atoms with Crippen LogP contribution >= 0.6 is 0 Å². The zero-order valence-corrected chi connectivity index (χ0v) is 15.1. The fraction of sp³-hybridized carbons (Fsp3) is 0.647. The van der Waals surface area contributed by atoms with Gasteiger partial charge in [0.05, 0.1) is 11.4 Å². The van der Waals surface area contributed by atoms with Gasteiger partial charge >= 0.3 is 6.09 Å². The van der Waals surface area contributed by atoms with Crippen LogP contribution in [0.1, 0.15) is 40.0 Å². The highest BCUT2D eigenvalue weighted by molar-refractivity contribution is 5.78. The van der Waals surface area contributed by atoms with Gasteiger partial charge in [-0.3, -0.25) is 0 Å². The Balaban J connectivity index is 2.08. The fourth-order valence-electron chi connectivity index (χ4n) is 2.89. The molecule has 1 saturated heterocycles. The summed E-state index contributed by atoms with van der Waals surface area (Å²) in [6.45, 7) is 7.20. The first kappa shape index (κ1) is 18.2. The zero-order chi connectivity index (χ0) is 17.7. The second-order valence-electron chi connectivity index (χ2n) is 7.13. The summed E-state index contributed by atoms with van der Waals surface area (Å²) in [6.07, 6.45) is 4.43. The molecule has 134 valence electrons. The van der Waals surface area contributed by atoms with Crippen molar-refractivity contribution >= 4 is 23.3 Å². The van der Waals surface area contributed by atoms with Gasteiger partial charge in [0.2, 0.25) is 0 Å². The van der Waals surface area contributed by atoms with E-state index in [1.807, 2.05) is 26.8 Å². The molecule has 0 spiro atoms. The molecule has 7 heteroatoms. The van der Waals surface area contributed by atoms with Gasteiger partial charge in [0.15, 0.2) is 5.82 Å². The van der Waals surface area contributed by atoms with Crippen molar-refractivity contribution in [3.8, 4) is 0 Å². The number of alkyl carbamates (subject to hydrolysis) is 1. The van der Waals surface area contributed by atoms with Crippen LogP contribution in [0, 0.1) is 0 Å². The number of anilines is 3. The van der Waals surface area contributed by atoms with Crippen LogP contribution in [0.2, 0.25) is 0 Å². The minimum atomic E-state index is -0.494. The number of aromatic nitrogens is 1. The van der Waals surface area contributed by atoms with Crippen molar-refractivity contribution in [1.82, 2.24) is 10.3 Å². The van der Waals surface area contributed by atoms with Gasteiger partial charge in [-0.15, -0.1) is 0 Å². The second kappa shape index (κ2) is 7.59. The molecular formula is C17H29N5O2. The van der Waals surface area contributed by atoms with Crippen molar-refractivity contribution in [2.24, 2.45) is 0 Å². The standard InChI is InChI=1S/C17H29N5O2/c1-17(2,3)24-16(23)21-12-7-5-6-10-22(11-12)13-8-9-20-15(19-4)14(13)18/h8-9,12H,5-7,10-11,18H2,1-4H3,(H,19,20)(H,21,23). The number of hydrogen-bond acceptors (Lipinski definition) is 6. The normalized spacial score (nSPS) is 18.7. The van der Waals surface area contributed by atoms with Crippen molar-refractivity contribution in [2.45, 2.75) is 51.7 Å². The quantitative estimate of drug-likeness (QED) is 0.786. The topological polar surface area (TPSA) is 92.5 Å². The summed E-state index contributed by atoms with van der Waals surface area (Å²) in [6, 6.07) is 1.96. The maximum absolute atomic E-state index is 12.1. The Labute approximate surface area is 143 Å². The molecule has 1 aromatic heterocycles. The van der Waals surface area contributed by atoms with E-state index in [4.69, 9.17) is 10.5 Å². The van der Waals surface area contributed by atoms with Gasteiger partial charge in [-0.2, -0.15) is 0 Å². The third-order valence-corrected chi connectivity index (χ3v) is 3.94. The van der Waals surface area contributed by atoms with Gasteiger partial charge < -0.3 is 26.0 Å². The van der Waals surface area contributed by atoms with Gasteiger partial charge in [-0.1, -0.05) is 0 Å². The largest absolute Gasteiger partial charge is 0.444 e. The molecule has 1 amide bonds. The molecule has 7 nitrogen and oxygen atoms in total. The highest BCUT2D eigenvalue weighted by Crippen LogP contribution is 2.30. The van der Waals surface area contributed by atoms with E-state index in [9.17, 15) is 4.79 Å². The van der Waals surface area contributed by atoms with Crippen molar-refractivity contribution in [1.29, 1.82) is 0 Å². The third-order valence-electron chi connectivity index (χ3n) is 3.94.